The van der Waals surface area contributed by atoms with Gasteiger partial charge in [-0.2, -0.15) is 0 Å². The summed E-state index contributed by atoms with van der Waals surface area (Å²) < 4.78 is 6.83. The summed E-state index contributed by atoms with van der Waals surface area (Å²) in [5.74, 6) is 0. The van der Waals surface area contributed by atoms with E-state index in [4.69, 9.17) is 4.42 Å². The van der Waals surface area contributed by atoms with Crippen LogP contribution < -0.4 is 4.90 Å². The number of hydrogen-bond acceptors (Lipinski definition) is 2. The molecule has 1 heterocycles. The number of benzene rings is 7. The molecule has 0 saturated heterocycles. The summed E-state index contributed by atoms with van der Waals surface area (Å²) in [6.45, 7) is 4.75. The van der Waals surface area contributed by atoms with Crippen molar-refractivity contribution in [2.75, 3.05) is 4.90 Å². The van der Waals surface area contributed by atoms with E-state index >= 15 is 0 Å². The van der Waals surface area contributed by atoms with E-state index < -0.39 is 0 Å². The van der Waals surface area contributed by atoms with E-state index in [1.54, 1.807) is 0 Å². The molecule has 0 bridgehead atoms. The third kappa shape index (κ3) is 4.14. The number of allylic oxidation sites excluding steroid dienone is 1. The summed E-state index contributed by atoms with van der Waals surface area (Å²) >= 11 is 0. The van der Waals surface area contributed by atoms with Gasteiger partial charge in [0.05, 0.1) is 0 Å². The summed E-state index contributed by atoms with van der Waals surface area (Å²) in [4.78, 5) is 2.47. The Morgan fingerprint density at radius 2 is 1.35 bits per heavy atom. The monoisotopic (exact) mass is 629 g/mol. The molecular formula is C47H35NO. The van der Waals surface area contributed by atoms with Crippen LogP contribution in [0.3, 0.4) is 0 Å². The van der Waals surface area contributed by atoms with Crippen LogP contribution in [0.5, 0.6) is 0 Å². The fourth-order valence-electron chi connectivity index (χ4n) is 8.65. The van der Waals surface area contributed by atoms with Gasteiger partial charge in [0.25, 0.3) is 0 Å². The Morgan fingerprint density at radius 3 is 2.18 bits per heavy atom. The minimum atomic E-state index is -0.200. The minimum absolute atomic E-state index is 0.200. The van der Waals surface area contributed by atoms with Crippen molar-refractivity contribution in [3.8, 4) is 22.3 Å². The molecule has 0 atom stereocenters. The van der Waals surface area contributed by atoms with Crippen LogP contribution in [0.25, 0.3) is 61.0 Å². The normalized spacial score (nSPS) is 14.2. The van der Waals surface area contributed by atoms with Crippen molar-refractivity contribution >= 4 is 55.8 Å². The Balaban J connectivity index is 1.24. The molecule has 8 aromatic rings. The van der Waals surface area contributed by atoms with Gasteiger partial charge in [0.2, 0.25) is 0 Å². The van der Waals surface area contributed by atoms with Crippen molar-refractivity contribution in [1.29, 1.82) is 0 Å². The van der Waals surface area contributed by atoms with E-state index in [2.05, 4.69) is 170 Å². The number of anilines is 3. The van der Waals surface area contributed by atoms with Gasteiger partial charge in [-0.05, 0) is 99.0 Å². The van der Waals surface area contributed by atoms with Gasteiger partial charge < -0.3 is 9.32 Å². The van der Waals surface area contributed by atoms with Crippen molar-refractivity contribution in [2.24, 2.45) is 0 Å². The molecule has 2 aliphatic rings. The Kier molecular flexibility index (Phi) is 6.08. The number of rotatable bonds is 4. The van der Waals surface area contributed by atoms with Gasteiger partial charge >= 0.3 is 0 Å². The first-order valence-corrected chi connectivity index (χ1v) is 17.3. The van der Waals surface area contributed by atoms with E-state index in [0.717, 1.165) is 35.4 Å². The molecular weight excluding hydrogens is 595 g/mol. The molecule has 0 saturated carbocycles. The standard InChI is InChI=1S/C47H35NO/c1-47(2)40-28-27-34(29-39(40)44-45(47)37-19-9-8-18-36(37)43-38-20-10-11-22-42(38)49-46(43)44)48(41-21-12-16-32-15-6-7-17-35(32)41)33-25-23-31(24-26-33)30-13-4-3-5-14-30/h3-6,8-16,18-29H,7,17H2,1-2H3. The van der Waals surface area contributed by atoms with E-state index in [9.17, 15) is 0 Å². The van der Waals surface area contributed by atoms with Gasteiger partial charge in [-0.15, -0.1) is 0 Å². The molecule has 1 aromatic heterocycles. The molecule has 0 spiro atoms. The van der Waals surface area contributed by atoms with E-state index in [0.29, 0.717) is 0 Å². The summed E-state index contributed by atoms with van der Waals surface area (Å²) in [6.07, 6.45) is 6.65. The Morgan fingerprint density at radius 1 is 0.633 bits per heavy atom. The molecule has 0 N–H and O–H groups in total. The zero-order chi connectivity index (χ0) is 32.7. The lowest BCUT2D eigenvalue weighted by Crippen LogP contribution is -2.16. The minimum Gasteiger partial charge on any atom is -0.455 e. The van der Waals surface area contributed by atoms with Gasteiger partial charge in [0.15, 0.2) is 0 Å². The molecule has 10 rings (SSSR count). The van der Waals surface area contributed by atoms with E-state index in [1.807, 2.05) is 0 Å². The second kappa shape index (κ2) is 10.6. The molecule has 49 heavy (non-hydrogen) atoms. The molecule has 2 aliphatic carbocycles. The van der Waals surface area contributed by atoms with Gasteiger partial charge in [-0.1, -0.05) is 129 Å². The molecule has 0 fully saturated rings. The number of fused-ring (bicyclic) bond motifs is 11. The van der Waals surface area contributed by atoms with Crippen LogP contribution in [-0.2, 0) is 11.8 Å². The highest BCUT2D eigenvalue weighted by atomic mass is 16.3. The molecule has 7 aromatic carbocycles. The second-order valence-corrected chi connectivity index (χ2v) is 14.0. The first-order chi connectivity index (χ1) is 24.1. The first-order valence-electron chi connectivity index (χ1n) is 17.3. The molecule has 0 radical (unpaired) electrons. The fourth-order valence-corrected chi connectivity index (χ4v) is 8.65. The largest absolute Gasteiger partial charge is 0.455 e. The molecule has 0 unspecified atom stereocenters. The van der Waals surface area contributed by atoms with Crippen LogP contribution >= 0.6 is 0 Å². The van der Waals surface area contributed by atoms with Gasteiger partial charge in [-0.25, -0.2) is 0 Å². The molecule has 2 nitrogen and oxygen atoms in total. The average molecular weight is 630 g/mol. The molecule has 2 heteroatoms. The lowest BCUT2D eigenvalue weighted by molar-refractivity contribution is 0.657. The lowest BCUT2D eigenvalue weighted by Gasteiger charge is -2.30. The van der Waals surface area contributed by atoms with Crippen molar-refractivity contribution in [1.82, 2.24) is 0 Å². The zero-order valence-corrected chi connectivity index (χ0v) is 27.7. The molecule has 234 valence electrons. The second-order valence-electron chi connectivity index (χ2n) is 14.0. The highest BCUT2D eigenvalue weighted by Gasteiger charge is 2.40. The van der Waals surface area contributed by atoms with Crippen LogP contribution in [0, 0.1) is 0 Å². The van der Waals surface area contributed by atoms with Gasteiger partial charge in [0, 0.05) is 38.8 Å². The van der Waals surface area contributed by atoms with Gasteiger partial charge in [-0.3, -0.25) is 0 Å². The van der Waals surface area contributed by atoms with Crippen LogP contribution in [-0.4, -0.2) is 0 Å². The number of para-hydroxylation sites is 1. The third-order valence-electron chi connectivity index (χ3n) is 10.9. The molecule has 0 amide bonds. The summed E-state index contributed by atoms with van der Waals surface area (Å²) in [6, 6.07) is 50.9. The quantitative estimate of drug-likeness (QED) is 0.193. The van der Waals surface area contributed by atoms with Crippen LogP contribution in [0.15, 0.2) is 150 Å². The Hall–Kier alpha value is -5.86. The fraction of sp³-hybridized carbons (Fsp3) is 0.106. The third-order valence-corrected chi connectivity index (χ3v) is 10.9. The number of hydrogen-bond donors (Lipinski definition) is 0. The van der Waals surface area contributed by atoms with Crippen LogP contribution in [0.1, 0.15) is 42.5 Å². The first kappa shape index (κ1) is 28.2. The van der Waals surface area contributed by atoms with Crippen LogP contribution in [0.4, 0.5) is 17.1 Å². The highest BCUT2D eigenvalue weighted by molar-refractivity contribution is 6.25. The van der Waals surface area contributed by atoms with E-state index in [1.165, 1.54) is 71.7 Å². The predicted octanol–water partition coefficient (Wildman–Crippen LogP) is 13.1. The Bertz CT molecular complexity index is 2620. The lowest BCUT2D eigenvalue weighted by atomic mass is 9.79. The van der Waals surface area contributed by atoms with Gasteiger partial charge in [0.1, 0.15) is 11.2 Å². The SMILES string of the molecule is CC1(C)c2ccc(N(c3ccc(-c4ccccc4)cc3)c3cccc4c3CCC=C4)cc2-c2c1c1ccccc1c1c2oc2ccccc21. The number of furan rings is 1. The van der Waals surface area contributed by atoms with Crippen molar-refractivity contribution < 1.29 is 4.42 Å². The Labute approximate surface area is 286 Å². The van der Waals surface area contributed by atoms with Crippen molar-refractivity contribution in [3.05, 3.63) is 168 Å². The van der Waals surface area contributed by atoms with Crippen molar-refractivity contribution in [2.45, 2.75) is 32.1 Å². The topological polar surface area (TPSA) is 16.4 Å². The summed E-state index contributed by atoms with van der Waals surface area (Å²) in [5.41, 5.74) is 15.5. The number of nitrogens with zero attached hydrogens (tertiary/aromatic N) is 1. The zero-order valence-electron chi connectivity index (χ0n) is 27.7. The maximum atomic E-state index is 6.83. The van der Waals surface area contributed by atoms with Crippen LogP contribution in [0.2, 0.25) is 0 Å². The maximum absolute atomic E-state index is 6.83. The van der Waals surface area contributed by atoms with Crippen molar-refractivity contribution in [3.63, 3.8) is 0 Å². The average Bonchev–Trinajstić information content (AvgIpc) is 3.65. The molecule has 0 aliphatic heterocycles. The summed E-state index contributed by atoms with van der Waals surface area (Å²) in [7, 11) is 0. The van der Waals surface area contributed by atoms with E-state index in [-0.39, 0.29) is 5.41 Å². The smallest absolute Gasteiger partial charge is 0.144 e. The highest BCUT2D eigenvalue weighted by Crippen LogP contribution is 2.57. The summed E-state index contributed by atoms with van der Waals surface area (Å²) in [5, 5.41) is 4.93. The maximum Gasteiger partial charge on any atom is 0.144 e. The predicted molar refractivity (Wildman–Crippen MR) is 206 cm³/mol.